The molecule has 2 aromatic carbocycles. The average molecular weight is 446 g/mol. The van der Waals surface area contributed by atoms with E-state index in [0.29, 0.717) is 42.1 Å². The summed E-state index contributed by atoms with van der Waals surface area (Å²) >= 11 is 3.41. The van der Waals surface area contributed by atoms with E-state index in [1.165, 1.54) is 11.0 Å². The van der Waals surface area contributed by atoms with Gasteiger partial charge in [-0.05, 0) is 55.3 Å². The fraction of sp³-hybridized carbons (Fsp3) is 0.250. The van der Waals surface area contributed by atoms with Crippen molar-refractivity contribution in [2.45, 2.75) is 13.3 Å². The van der Waals surface area contributed by atoms with Crippen molar-refractivity contribution in [2.24, 2.45) is 0 Å². The lowest BCUT2D eigenvalue weighted by atomic mass is 10.1. The highest BCUT2D eigenvalue weighted by Crippen LogP contribution is 2.26. The van der Waals surface area contributed by atoms with Crippen LogP contribution in [0.5, 0.6) is 0 Å². The van der Waals surface area contributed by atoms with Crippen LogP contribution in [0.2, 0.25) is 0 Å². The first-order chi connectivity index (χ1) is 13.4. The molecular weight excluding hydrogens is 426 g/mol. The van der Waals surface area contributed by atoms with Gasteiger partial charge in [0.05, 0.1) is 11.1 Å². The van der Waals surface area contributed by atoms with Gasteiger partial charge in [0.1, 0.15) is 0 Å². The molecule has 0 saturated carbocycles. The van der Waals surface area contributed by atoms with Gasteiger partial charge in [-0.1, -0.05) is 15.9 Å². The van der Waals surface area contributed by atoms with Crippen molar-refractivity contribution < 1.29 is 19.1 Å². The van der Waals surface area contributed by atoms with Gasteiger partial charge in [0.25, 0.3) is 11.8 Å². The minimum Gasteiger partial charge on any atom is -0.385 e. The monoisotopic (exact) mass is 445 g/mol. The van der Waals surface area contributed by atoms with Crippen LogP contribution in [-0.4, -0.2) is 43.0 Å². The first kappa shape index (κ1) is 20.0. The Hall–Kier alpha value is -2.71. The van der Waals surface area contributed by atoms with Gasteiger partial charge in [-0.3, -0.25) is 14.5 Å². The molecule has 8 heteroatoms. The maximum absolute atomic E-state index is 12.5. The zero-order valence-corrected chi connectivity index (χ0v) is 17.1. The fourth-order valence-electron chi connectivity index (χ4n) is 2.95. The Balaban J connectivity index is 1.69. The molecule has 0 fully saturated rings. The van der Waals surface area contributed by atoms with Crippen LogP contribution < -0.4 is 10.6 Å². The second-order valence-corrected chi connectivity index (χ2v) is 7.27. The SMILES string of the molecule is COCCCN1C(=O)c2ccc(NC(=O)Nc3ccc(Br)c(C)c3)cc2C1=O. The number of hydrogen-bond acceptors (Lipinski definition) is 4. The molecule has 0 saturated heterocycles. The molecule has 0 aromatic heterocycles. The molecule has 0 bridgehead atoms. The zero-order valence-electron chi connectivity index (χ0n) is 15.5. The quantitative estimate of drug-likeness (QED) is 0.518. The highest BCUT2D eigenvalue weighted by molar-refractivity contribution is 9.10. The van der Waals surface area contributed by atoms with Crippen molar-refractivity contribution >= 4 is 45.2 Å². The number of carbonyl (C=O) groups is 3. The van der Waals surface area contributed by atoms with Crippen LogP contribution in [0, 0.1) is 6.92 Å². The van der Waals surface area contributed by atoms with Gasteiger partial charge in [0.15, 0.2) is 0 Å². The number of amides is 4. The standard InChI is InChI=1S/C20H20BrN3O4/c1-12-10-13(5-7-17(12)21)22-20(27)23-14-4-6-15-16(11-14)19(26)24(18(15)25)8-3-9-28-2/h4-7,10-11H,3,8-9H2,1-2H3,(H2,22,23,27). The third-order valence-corrected chi connectivity index (χ3v) is 5.26. The summed E-state index contributed by atoms with van der Waals surface area (Å²) < 4.78 is 5.92. The number of ether oxygens (including phenoxy) is 1. The molecule has 4 amide bonds. The molecule has 2 aromatic rings. The number of nitrogens with zero attached hydrogens (tertiary/aromatic N) is 1. The molecule has 28 heavy (non-hydrogen) atoms. The van der Waals surface area contributed by atoms with Gasteiger partial charge in [-0.2, -0.15) is 0 Å². The Kier molecular flexibility index (Phi) is 6.11. The van der Waals surface area contributed by atoms with E-state index in [9.17, 15) is 14.4 Å². The summed E-state index contributed by atoms with van der Waals surface area (Å²) in [5.74, 6) is -0.680. The van der Waals surface area contributed by atoms with Crippen LogP contribution in [0.1, 0.15) is 32.7 Å². The highest BCUT2D eigenvalue weighted by atomic mass is 79.9. The zero-order chi connectivity index (χ0) is 20.3. The summed E-state index contributed by atoms with van der Waals surface area (Å²) in [4.78, 5) is 38.4. The van der Waals surface area contributed by atoms with Crippen LogP contribution in [0.3, 0.4) is 0 Å². The minimum absolute atomic E-state index is 0.291. The number of nitrogens with one attached hydrogen (secondary N) is 2. The van der Waals surface area contributed by atoms with Gasteiger partial charge < -0.3 is 15.4 Å². The molecule has 1 aliphatic heterocycles. The Morgan fingerprint density at radius 1 is 1.04 bits per heavy atom. The van der Waals surface area contributed by atoms with Crippen LogP contribution >= 0.6 is 15.9 Å². The molecule has 7 nitrogen and oxygen atoms in total. The Bertz CT molecular complexity index is 945. The van der Waals surface area contributed by atoms with Crippen molar-refractivity contribution in [1.82, 2.24) is 4.90 Å². The molecule has 146 valence electrons. The van der Waals surface area contributed by atoms with Crippen molar-refractivity contribution in [1.29, 1.82) is 0 Å². The van der Waals surface area contributed by atoms with Crippen LogP contribution in [0.15, 0.2) is 40.9 Å². The Labute approximate surface area is 171 Å². The lowest BCUT2D eigenvalue weighted by molar-refractivity contribution is 0.0638. The van der Waals surface area contributed by atoms with Gasteiger partial charge in [0.2, 0.25) is 0 Å². The fourth-order valence-corrected chi connectivity index (χ4v) is 3.20. The van der Waals surface area contributed by atoms with E-state index in [1.54, 1.807) is 25.3 Å². The number of fused-ring (bicyclic) bond motifs is 1. The number of hydrogen-bond donors (Lipinski definition) is 2. The van der Waals surface area contributed by atoms with Crippen molar-refractivity contribution in [3.8, 4) is 0 Å². The second kappa shape index (κ2) is 8.53. The molecule has 0 radical (unpaired) electrons. The first-order valence-corrected chi connectivity index (χ1v) is 9.53. The molecular formula is C20H20BrN3O4. The number of urea groups is 1. The van der Waals surface area contributed by atoms with E-state index in [0.717, 1.165) is 10.0 Å². The third kappa shape index (κ3) is 4.23. The van der Waals surface area contributed by atoms with Crippen molar-refractivity contribution in [3.05, 3.63) is 57.6 Å². The number of methoxy groups -OCH3 is 1. The molecule has 3 rings (SSSR count). The topological polar surface area (TPSA) is 87.7 Å². The Morgan fingerprint density at radius 2 is 1.68 bits per heavy atom. The number of rotatable bonds is 6. The summed E-state index contributed by atoms with van der Waals surface area (Å²) in [6.07, 6.45) is 0.572. The van der Waals surface area contributed by atoms with E-state index in [4.69, 9.17) is 4.74 Å². The molecule has 1 heterocycles. The summed E-state index contributed by atoms with van der Waals surface area (Å²) in [7, 11) is 1.57. The molecule has 0 spiro atoms. The number of anilines is 2. The number of benzene rings is 2. The predicted molar refractivity (Wildman–Crippen MR) is 110 cm³/mol. The minimum atomic E-state index is -0.435. The van der Waals surface area contributed by atoms with Crippen molar-refractivity contribution in [3.63, 3.8) is 0 Å². The van der Waals surface area contributed by atoms with Crippen LogP contribution in [0.4, 0.5) is 16.2 Å². The maximum atomic E-state index is 12.5. The normalized spacial score (nSPS) is 12.9. The lowest BCUT2D eigenvalue weighted by Crippen LogP contribution is -2.31. The van der Waals surface area contributed by atoms with Gasteiger partial charge >= 0.3 is 6.03 Å². The number of imide groups is 1. The molecule has 0 atom stereocenters. The van der Waals surface area contributed by atoms with Gasteiger partial charge in [0, 0.05) is 36.1 Å². The van der Waals surface area contributed by atoms with Gasteiger partial charge in [-0.15, -0.1) is 0 Å². The summed E-state index contributed by atoms with van der Waals surface area (Å²) in [5, 5.41) is 5.44. The summed E-state index contributed by atoms with van der Waals surface area (Å²) in [5.41, 5.74) is 2.71. The molecule has 2 N–H and O–H groups in total. The van der Waals surface area contributed by atoms with E-state index in [2.05, 4.69) is 26.6 Å². The smallest absolute Gasteiger partial charge is 0.323 e. The van der Waals surface area contributed by atoms with E-state index < -0.39 is 6.03 Å². The molecule has 0 aliphatic carbocycles. The van der Waals surface area contributed by atoms with Crippen LogP contribution in [0.25, 0.3) is 0 Å². The lowest BCUT2D eigenvalue weighted by Gasteiger charge is -2.12. The average Bonchev–Trinajstić information content (AvgIpc) is 2.89. The number of aryl methyl sites for hydroxylation is 1. The predicted octanol–water partition coefficient (Wildman–Crippen LogP) is 4.03. The van der Waals surface area contributed by atoms with E-state index in [-0.39, 0.29) is 11.8 Å². The Morgan fingerprint density at radius 3 is 2.36 bits per heavy atom. The highest BCUT2D eigenvalue weighted by Gasteiger charge is 2.35. The van der Waals surface area contributed by atoms with Crippen LogP contribution in [-0.2, 0) is 4.74 Å². The molecule has 1 aliphatic rings. The molecule has 0 unspecified atom stereocenters. The van der Waals surface area contributed by atoms with Gasteiger partial charge in [-0.25, -0.2) is 4.79 Å². The number of halogens is 1. The summed E-state index contributed by atoms with van der Waals surface area (Å²) in [6, 6.07) is 9.73. The van der Waals surface area contributed by atoms with E-state index >= 15 is 0 Å². The number of carbonyl (C=O) groups excluding carboxylic acids is 3. The second-order valence-electron chi connectivity index (χ2n) is 6.41. The summed E-state index contributed by atoms with van der Waals surface area (Å²) in [6.45, 7) is 2.69. The third-order valence-electron chi connectivity index (χ3n) is 4.37. The van der Waals surface area contributed by atoms with Crippen molar-refractivity contribution in [2.75, 3.05) is 30.9 Å². The largest absolute Gasteiger partial charge is 0.385 e. The maximum Gasteiger partial charge on any atom is 0.323 e. The first-order valence-electron chi connectivity index (χ1n) is 8.74. The van der Waals surface area contributed by atoms with E-state index in [1.807, 2.05) is 19.1 Å².